The van der Waals surface area contributed by atoms with E-state index in [1.54, 1.807) is 4.90 Å². The van der Waals surface area contributed by atoms with Gasteiger partial charge in [-0.2, -0.15) is 0 Å². The van der Waals surface area contributed by atoms with E-state index in [1.165, 1.54) is 18.2 Å². The number of carbonyl (C=O) groups excluding carboxylic acids is 3. The molecule has 1 aliphatic rings. The van der Waals surface area contributed by atoms with Crippen molar-refractivity contribution in [3.05, 3.63) is 35.6 Å². The minimum atomic E-state index is -0.496. The van der Waals surface area contributed by atoms with Gasteiger partial charge in [0.05, 0.1) is 6.54 Å². The highest BCUT2D eigenvalue weighted by atomic mass is 19.1. The summed E-state index contributed by atoms with van der Waals surface area (Å²) in [6.07, 6.45) is 4.47. The number of piperidine rings is 1. The molecule has 1 heterocycles. The summed E-state index contributed by atoms with van der Waals surface area (Å²) in [5.74, 6) is -1.16. The summed E-state index contributed by atoms with van der Waals surface area (Å²) in [7, 11) is 0. The third-order valence-electron chi connectivity index (χ3n) is 4.78. The van der Waals surface area contributed by atoms with Crippen LogP contribution in [0.2, 0.25) is 0 Å². The van der Waals surface area contributed by atoms with Gasteiger partial charge in [0.15, 0.2) is 0 Å². The zero-order valence-corrected chi connectivity index (χ0v) is 15.8. The first-order valence-electron chi connectivity index (χ1n) is 9.60. The molecule has 0 unspecified atom stereocenters. The fourth-order valence-electron chi connectivity index (χ4n) is 3.12. The molecule has 2 N–H and O–H groups in total. The molecule has 6 nitrogen and oxygen atoms in total. The molecule has 1 aromatic rings. The topological polar surface area (TPSA) is 78.5 Å². The second kappa shape index (κ2) is 10.6. The van der Waals surface area contributed by atoms with E-state index in [1.807, 2.05) is 0 Å². The van der Waals surface area contributed by atoms with Crippen LogP contribution in [-0.2, 0) is 9.59 Å². The zero-order chi connectivity index (χ0) is 19.6. The lowest BCUT2D eigenvalue weighted by Gasteiger charge is -2.31. The predicted molar refractivity (Wildman–Crippen MR) is 101 cm³/mol. The molecule has 1 aromatic carbocycles. The van der Waals surface area contributed by atoms with Gasteiger partial charge in [0.1, 0.15) is 5.82 Å². The first-order valence-corrected chi connectivity index (χ1v) is 9.60. The molecule has 1 fully saturated rings. The molecule has 2 rings (SSSR count). The summed E-state index contributed by atoms with van der Waals surface area (Å²) in [5.41, 5.74) is 0.182. The Hall–Kier alpha value is -2.44. The maximum Gasteiger partial charge on any atom is 0.251 e. The maximum absolute atomic E-state index is 13.1. The van der Waals surface area contributed by atoms with Crippen molar-refractivity contribution in [3.63, 3.8) is 0 Å². The quantitative estimate of drug-likeness (QED) is 0.681. The summed E-state index contributed by atoms with van der Waals surface area (Å²) >= 11 is 0. The average Bonchev–Trinajstić information content (AvgIpc) is 2.69. The van der Waals surface area contributed by atoms with Crippen molar-refractivity contribution in [2.24, 2.45) is 5.92 Å². The summed E-state index contributed by atoms with van der Waals surface area (Å²) in [5, 5.41) is 5.48. The second-order valence-electron chi connectivity index (χ2n) is 6.85. The van der Waals surface area contributed by atoms with Crippen LogP contribution >= 0.6 is 0 Å². The molecule has 27 heavy (non-hydrogen) atoms. The van der Waals surface area contributed by atoms with Crippen LogP contribution in [0.1, 0.15) is 49.4 Å². The molecular weight excluding hydrogens is 349 g/mol. The Morgan fingerprint density at radius 1 is 1.15 bits per heavy atom. The van der Waals surface area contributed by atoms with Crippen molar-refractivity contribution in [3.8, 4) is 0 Å². The molecule has 0 aliphatic carbocycles. The standard InChI is InChI=1S/C20H28FN3O3/c1-2-3-4-10-22-19(26)15-8-11-24(12-9-15)18(25)14-23-20(27)16-6-5-7-17(21)13-16/h5-7,13,15H,2-4,8-12,14H2,1H3,(H,22,26)(H,23,27). The zero-order valence-electron chi connectivity index (χ0n) is 15.8. The van der Waals surface area contributed by atoms with Gasteiger partial charge < -0.3 is 15.5 Å². The number of nitrogens with zero attached hydrogens (tertiary/aromatic N) is 1. The van der Waals surface area contributed by atoms with Crippen LogP contribution in [-0.4, -0.2) is 48.8 Å². The van der Waals surface area contributed by atoms with Gasteiger partial charge >= 0.3 is 0 Å². The molecule has 3 amide bonds. The molecular formula is C20H28FN3O3. The van der Waals surface area contributed by atoms with Crippen LogP contribution in [0.3, 0.4) is 0 Å². The molecule has 1 saturated heterocycles. The van der Waals surface area contributed by atoms with E-state index in [0.717, 1.165) is 25.3 Å². The SMILES string of the molecule is CCCCCNC(=O)C1CCN(C(=O)CNC(=O)c2cccc(F)c2)CC1. The first-order chi connectivity index (χ1) is 13.0. The number of hydrogen-bond acceptors (Lipinski definition) is 3. The lowest BCUT2D eigenvalue weighted by molar-refractivity contribution is -0.134. The van der Waals surface area contributed by atoms with Crippen molar-refractivity contribution in [1.82, 2.24) is 15.5 Å². The molecule has 0 atom stereocenters. The van der Waals surface area contributed by atoms with Gasteiger partial charge in [-0.25, -0.2) is 4.39 Å². The van der Waals surface area contributed by atoms with Crippen LogP contribution in [0.25, 0.3) is 0 Å². The molecule has 7 heteroatoms. The summed E-state index contributed by atoms with van der Waals surface area (Å²) < 4.78 is 13.1. The van der Waals surface area contributed by atoms with Gasteiger partial charge in [-0.1, -0.05) is 25.8 Å². The second-order valence-corrected chi connectivity index (χ2v) is 6.85. The Balaban J connectivity index is 1.70. The van der Waals surface area contributed by atoms with Crippen LogP contribution < -0.4 is 10.6 Å². The number of benzene rings is 1. The molecule has 1 aliphatic heterocycles. The summed E-state index contributed by atoms with van der Waals surface area (Å²) in [6, 6.07) is 5.33. The number of likely N-dealkylation sites (tertiary alicyclic amines) is 1. The van der Waals surface area contributed by atoms with E-state index < -0.39 is 11.7 Å². The van der Waals surface area contributed by atoms with Crippen LogP contribution in [0.5, 0.6) is 0 Å². The lowest BCUT2D eigenvalue weighted by Crippen LogP contribution is -2.46. The Kier molecular flexibility index (Phi) is 8.23. The van der Waals surface area contributed by atoms with Crippen LogP contribution in [0, 0.1) is 11.7 Å². The molecule has 0 bridgehead atoms. The van der Waals surface area contributed by atoms with Crippen molar-refractivity contribution in [1.29, 1.82) is 0 Å². The number of carbonyl (C=O) groups is 3. The highest BCUT2D eigenvalue weighted by Crippen LogP contribution is 2.17. The van der Waals surface area contributed by atoms with Crippen molar-refractivity contribution in [2.75, 3.05) is 26.2 Å². The predicted octanol–water partition coefficient (Wildman–Crippen LogP) is 2.10. The molecule has 148 valence electrons. The smallest absolute Gasteiger partial charge is 0.251 e. The monoisotopic (exact) mass is 377 g/mol. The third kappa shape index (κ3) is 6.66. The van der Waals surface area contributed by atoms with Gasteiger partial charge in [-0.05, 0) is 37.5 Å². The Morgan fingerprint density at radius 2 is 1.89 bits per heavy atom. The van der Waals surface area contributed by atoms with E-state index >= 15 is 0 Å². The van der Waals surface area contributed by atoms with Gasteiger partial charge in [-0.15, -0.1) is 0 Å². The number of hydrogen-bond donors (Lipinski definition) is 2. The minimum absolute atomic E-state index is 0.0578. The normalized spacial score (nSPS) is 14.7. The van der Waals surface area contributed by atoms with Gasteiger partial charge in [0.2, 0.25) is 11.8 Å². The van der Waals surface area contributed by atoms with E-state index in [0.29, 0.717) is 32.5 Å². The fourth-order valence-corrected chi connectivity index (χ4v) is 3.12. The summed E-state index contributed by atoms with van der Waals surface area (Å²) in [6.45, 7) is 3.69. The Bertz CT molecular complexity index is 658. The number of rotatable bonds is 8. The average molecular weight is 377 g/mol. The molecule has 0 saturated carbocycles. The van der Waals surface area contributed by atoms with E-state index in [9.17, 15) is 18.8 Å². The van der Waals surface area contributed by atoms with Gasteiger partial charge in [0, 0.05) is 31.1 Å². The largest absolute Gasteiger partial charge is 0.356 e. The lowest BCUT2D eigenvalue weighted by atomic mass is 9.96. The number of halogens is 1. The van der Waals surface area contributed by atoms with E-state index in [-0.39, 0.29) is 29.8 Å². The third-order valence-corrected chi connectivity index (χ3v) is 4.78. The number of nitrogens with one attached hydrogen (secondary N) is 2. The fraction of sp³-hybridized carbons (Fsp3) is 0.550. The maximum atomic E-state index is 13.1. The summed E-state index contributed by atoms with van der Waals surface area (Å²) in [4.78, 5) is 38.0. The Morgan fingerprint density at radius 3 is 2.56 bits per heavy atom. The van der Waals surface area contributed by atoms with E-state index in [2.05, 4.69) is 17.6 Å². The number of amides is 3. The molecule has 0 radical (unpaired) electrons. The van der Waals surface area contributed by atoms with Gasteiger partial charge in [-0.3, -0.25) is 14.4 Å². The van der Waals surface area contributed by atoms with Gasteiger partial charge in [0.25, 0.3) is 5.91 Å². The highest BCUT2D eigenvalue weighted by molar-refractivity contribution is 5.96. The highest BCUT2D eigenvalue weighted by Gasteiger charge is 2.27. The van der Waals surface area contributed by atoms with Crippen molar-refractivity contribution >= 4 is 17.7 Å². The van der Waals surface area contributed by atoms with Crippen LogP contribution in [0.15, 0.2) is 24.3 Å². The van der Waals surface area contributed by atoms with Crippen molar-refractivity contribution in [2.45, 2.75) is 39.0 Å². The first kappa shape index (κ1) is 20.9. The van der Waals surface area contributed by atoms with Crippen molar-refractivity contribution < 1.29 is 18.8 Å². The minimum Gasteiger partial charge on any atom is -0.356 e. The molecule has 0 aromatic heterocycles. The van der Waals surface area contributed by atoms with E-state index in [4.69, 9.17) is 0 Å². The number of unbranched alkanes of at least 4 members (excludes halogenated alkanes) is 2. The Labute approximate surface area is 159 Å². The van der Waals surface area contributed by atoms with Crippen LogP contribution in [0.4, 0.5) is 4.39 Å². The molecule has 0 spiro atoms.